The molecule has 0 aliphatic heterocycles. The normalized spacial score (nSPS) is 10.3. The van der Waals surface area contributed by atoms with Crippen LogP contribution in [-0.4, -0.2) is 45.6 Å². The molecule has 0 atom stereocenters. The van der Waals surface area contributed by atoms with Gasteiger partial charge in [0.2, 0.25) is 0 Å². The van der Waals surface area contributed by atoms with Crippen molar-refractivity contribution in [3.05, 3.63) is 33.9 Å². The van der Waals surface area contributed by atoms with Crippen LogP contribution in [0.3, 0.4) is 0 Å². The van der Waals surface area contributed by atoms with E-state index < -0.39 is 23.3 Å². The molecule has 0 aliphatic carbocycles. The van der Waals surface area contributed by atoms with Crippen LogP contribution in [0.25, 0.3) is 0 Å². The summed E-state index contributed by atoms with van der Waals surface area (Å²) in [5.41, 5.74) is -0.00803. The molecule has 7 nitrogen and oxygen atoms in total. The lowest BCUT2D eigenvalue weighted by atomic mass is 10.1. The first kappa shape index (κ1) is 18.0. The Kier molecular flexibility index (Phi) is 6.84. The Hall–Kier alpha value is -2.09. The molecule has 0 unspecified atom stereocenters. The number of carbonyl (C=O) groups is 2. The molecule has 1 aromatic rings. The number of nitro groups is 1. The third-order valence-corrected chi connectivity index (χ3v) is 3.77. The average Bonchev–Trinajstić information content (AvgIpc) is 2.46. The SMILES string of the molecule is CCCN(CC(=O)O)C(=O)c1cc([N+](=O)[O-])ccc1SCC. The van der Waals surface area contributed by atoms with E-state index in [1.54, 1.807) is 0 Å². The van der Waals surface area contributed by atoms with Gasteiger partial charge >= 0.3 is 5.97 Å². The highest BCUT2D eigenvalue weighted by Crippen LogP contribution is 2.27. The Morgan fingerprint density at radius 1 is 1.36 bits per heavy atom. The first-order valence-corrected chi connectivity index (χ1v) is 7.81. The predicted octanol–water partition coefficient (Wildman–Crippen LogP) is 2.64. The van der Waals surface area contributed by atoms with E-state index in [1.807, 2.05) is 13.8 Å². The minimum absolute atomic E-state index is 0.177. The van der Waals surface area contributed by atoms with Gasteiger partial charge < -0.3 is 10.0 Å². The van der Waals surface area contributed by atoms with Crippen molar-refractivity contribution in [2.45, 2.75) is 25.2 Å². The number of amides is 1. The van der Waals surface area contributed by atoms with E-state index in [4.69, 9.17) is 5.11 Å². The maximum Gasteiger partial charge on any atom is 0.323 e. The summed E-state index contributed by atoms with van der Waals surface area (Å²) in [5.74, 6) is -0.911. The summed E-state index contributed by atoms with van der Waals surface area (Å²) >= 11 is 1.39. The number of nitrogens with zero attached hydrogens (tertiary/aromatic N) is 2. The summed E-state index contributed by atoms with van der Waals surface area (Å²) in [7, 11) is 0. The Bertz CT molecular complexity index is 576. The molecule has 0 aromatic heterocycles. The van der Waals surface area contributed by atoms with E-state index in [9.17, 15) is 19.7 Å². The van der Waals surface area contributed by atoms with Crippen LogP contribution in [0.4, 0.5) is 5.69 Å². The molecule has 120 valence electrons. The molecule has 8 heteroatoms. The number of aliphatic carboxylic acids is 1. The van der Waals surface area contributed by atoms with E-state index in [0.717, 1.165) is 0 Å². The quantitative estimate of drug-likeness (QED) is 0.448. The zero-order valence-electron chi connectivity index (χ0n) is 12.4. The standard InChI is InChI=1S/C14H18N2O5S/c1-3-7-15(9-13(17)18)14(19)11-8-10(16(20)21)5-6-12(11)22-4-2/h5-6,8H,3-4,7,9H2,1-2H3,(H,17,18). The van der Waals surface area contributed by atoms with Gasteiger partial charge in [0.1, 0.15) is 6.54 Å². The van der Waals surface area contributed by atoms with Crippen molar-refractivity contribution in [2.24, 2.45) is 0 Å². The first-order valence-electron chi connectivity index (χ1n) is 6.83. The Morgan fingerprint density at radius 2 is 2.05 bits per heavy atom. The lowest BCUT2D eigenvalue weighted by Crippen LogP contribution is -2.36. The highest BCUT2D eigenvalue weighted by Gasteiger charge is 2.23. The van der Waals surface area contributed by atoms with Gasteiger partial charge in [0.15, 0.2) is 0 Å². The number of nitro benzene ring substituents is 1. The van der Waals surface area contributed by atoms with Gasteiger partial charge in [-0.25, -0.2) is 0 Å². The molecule has 0 heterocycles. The summed E-state index contributed by atoms with van der Waals surface area (Å²) in [6.07, 6.45) is 0.601. The van der Waals surface area contributed by atoms with Gasteiger partial charge in [-0.1, -0.05) is 13.8 Å². The smallest absolute Gasteiger partial charge is 0.323 e. The van der Waals surface area contributed by atoms with Crippen molar-refractivity contribution in [3.63, 3.8) is 0 Å². The first-order chi connectivity index (χ1) is 10.4. The van der Waals surface area contributed by atoms with Crippen LogP contribution in [0.2, 0.25) is 0 Å². The molecule has 1 aromatic carbocycles. The molecule has 22 heavy (non-hydrogen) atoms. The van der Waals surface area contributed by atoms with Gasteiger partial charge in [-0.3, -0.25) is 19.7 Å². The summed E-state index contributed by atoms with van der Waals surface area (Å²) in [5, 5.41) is 19.8. The lowest BCUT2D eigenvalue weighted by Gasteiger charge is -2.21. The van der Waals surface area contributed by atoms with Gasteiger partial charge in [-0.15, -0.1) is 11.8 Å². The molecule has 0 spiro atoms. The molecular weight excluding hydrogens is 308 g/mol. The molecule has 0 saturated heterocycles. The van der Waals surface area contributed by atoms with Crippen molar-refractivity contribution in [1.82, 2.24) is 4.90 Å². The van der Waals surface area contributed by atoms with Gasteiger partial charge in [-0.2, -0.15) is 0 Å². The van der Waals surface area contributed by atoms with E-state index in [-0.39, 0.29) is 17.8 Å². The number of carboxylic acid groups (broad SMARTS) is 1. The molecule has 0 aliphatic rings. The molecule has 0 bridgehead atoms. The van der Waals surface area contributed by atoms with Crippen LogP contribution in [0.1, 0.15) is 30.6 Å². The number of hydrogen-bond acceptors (Lipinski definition) is 5. The van der Waals surface area contributed by atoms with Crippen LogP contribution in [0, 0.1) is 10.1 Å². The largest absolute Gasteiger partial charge is 0.480 e. The third kappa shape index (κ3) is 4.73. The fourth-order valence-electron chi connectivity index (χ4n) is 1.94. The van der Waals surface area contributed by atoms with Crippen molar-refractivity contribution < 1.29 is 19.6 Å². The summed E-state index contributed by atoms with van der Waals surface area (Å²) in [6.45, 7) is 3.59. The highest BCUT2D eigenvalue weighted by molar-refractivity contribution is 7.99. The molecule has 1 rings (SSSR count). The van der Waals surface area contributed by atoms with E-state index >= 15 is 0 Å². The third-order valence-electron chi connectivity index (χ3n) is 2.81. The number of hydrogen-bond donors (Lipinski definition) is 1. The zero-order chi connectivity index (χ0) is 16.7. The van der Waals surface area contributed by atoms with Crippen LogP contribution >= 0.6 is 11.8 Å². The number of benzene rings is 1. The second-order valence-electron chi connectivity index (χ2n) is 4.49. The highest BCUT2D eigenvalue weighted by atomic mass is 32.2. The van der Waals surface area contributed by atoms with E-state index in [1.165, 1.54) is 34.9 Å². The fourth-order valence-corrected chi connectivity index (χ4v) is 2.71. The Labute approximate surface area is 132 Å². The maximum absolute atomic E-state index is 12.6. The Balaban J connectivity index is 3.23. The maximum atomic E-state index is 12.6. The van der Waals surface area contributed by atoms with Crippen LogP contribution in [0.15, 0.2) is 23.1 Å². The lowest BCUT2D eigenvalue weighted by molar-refractivity contribution is -0.384. The molecule has 0 fully saturated rings. The molecular formula is C14H18N2O5S. The molecule has 1 amide bonds. The number of thioether (sulfide) groups is 1. The minimum Gasteiger partial charge on any atom is -0.480 e. The summed E-state index contributed by atoms with van der Waals surface area (Å²) in [6, 6.07) is 4.09. The Morgan fingerprint density at radius 3 is 2.55 bits per heavy atom. The number of carboxylic acids is 1. The van der Waals surface area contributed by atoms with Crippen LogP contribution in [-0.2, 0) is 4.79 Å². The van der Waals surface area contributed by atoms with Crippen molar-refractivity contribution in [1.29, 1.82) is 0 Å². The molecule has 0 radical (unpaired) electrons. The zero-order valence-corrected chi connectivity index (χ0v) is 13.3. The van der Waals surface area contributed by atoms with Gasteiger partial charge in [0.25, 0.3) is 11.6 Å². The predicted molar refractivity (Wildman–Crippen MR) is 83.3 cm³/mol. The topological polar surface area (TPSA) is 101 Å². The minimum atomic E-state index is -1.11. The van der Waals surface area contributed by atoms with Crippen molar-refractivity contribution in [3.8, 4) is 0 Å². The summed E-state index contributed by atoms with van der Waals surface area (Å²) < 4.78 is 0. The number of non-ortho nitro benzene ring substituents is 1. The van der Waals surface area contributed by atoms with E-state index in [0.29, 0.717) is 17.1 Å². The van der Waals surface area contributed by atoms with E-state index in [2.05, 4.69) is 0 Å². The molecule has 1 N–H and O–H groups in total. The van der Waals surface area contributed by atoms with Gasteiger partial charge in [0, 0.05) is 23.6 Å². The van der Waals surface area contributed by atoms with Crippen molar-refractivity contribution in [2.75, 3.05) is 18.8 Å². The monoisotopic (exact) mass is 326 g/mol. The average molecular weight is 326 g/mol. The van der Waals surface area contributed by atoms with Gasteiger partial charge in [-0.05, 0) is 18.2 Å². The van der Waals surface area contributed by atoms with Crippen molar-refractivity contribution >= 4 is 29.3 Å². The fraction of sp³-hybridized carbons (Fsp3) is 0.429. The number of rotatable bonds is 8. The summed E-state index contributed by atoms with van der Waals surface area (Å²) in [4.78, 5) is 35.6. The second kappa shape index (κ2) is 8.38. The second-order valence-corrected chi connectivity index (χ2v) is 5.80. The number of carbonyl (C=O) groups excluding carboxylic acids is 1. The molecule has 0 saturated carbocycles. The van der Waals surface area contributed by atoms with Crippen LogP contribution < -0.4 is 0 Å². The van der Waals surface area contributed by atoms with Gasteiger partial charge in [0.05, 0.1) is 10.5 Å². The van der Waals surface area contributed by atoms with Crippen LogP contribution in [0.5, 0.6) is 0 Å².